The van der Waals surface area contributed by atoms with Gasteiger partial charge in [0.25, 0.3) is 5.24 Å². The summed E-state index contributed by atoms with van der Waals surface area (Å²) < 4.78 is 0. The molecule has 1 rings (SSSR count). The molecule has 13 heavy (non-hydrogen) atoms. The number of hydrogen-bond donors (Lipinski definition) is 0. The first kappa shape index (κ1) is 12.6. The van der Waals surface area contributed by atoms with Crippen LogP contribution in [0, 0.1) is 20.8 Å². The molecule has 3 heteroatoms. The molecule has 0 spiro atoms. The topological polar surface area (TPSA) is 17.1 Å². The molecule has 0 heterocycles. The molecule has 1 aromatic carbocycles. The number of carbonyl (C=O) groups excluding carboxylic acids is 1. The second-order valence-corrected chi connectivity index (χ2v) is 3.39. The molecule has 0 amide bonds. The highest BCUT2D eigenvalue weighted by Crippen LogP contribution is 2.17. The lowest BCUT2D eigenvalue weighted by atomic mass is 10.0. The number of halogens is 1. The summed E-state index contributed by atoms with van der Waals surface area (Å²) in [4.78, 5) is 11.0. The minimum atomic E-state index is -0.370. The largest absolute Gasteiger partial charge is 0.276 e. The average Bonchev–Trinajstić information content (AvgIpc) is 1.82. The lowest BCUT2D eigenvalue weighted by Gasteiger charge is -2.05. The summed E-state index contributed by atoms with van der Waals surface area (Å²) in [6, 6.07) is 3.92. The fourth-order valence-corrected chi connectivity index (χ4v) is 1.79. The van der Waals surface area contributed by atoms with Crippen LogP contribution in [0.15, 0.2) is 12.1 Å². The minimum absolute atomic E-state index is 0. The highest BCUT2D eigenvalue weighted by atomic mass is 35.5. The van der Waals surface area contributed by atoms with Crippen molar-refractivity contribution in [1.29, 1.82) is 0 Å². The average molecular weight is 217 g/mol. The van der Waals surface area contributed by atoms with Gasteiger partial charge in [0.05, 0.1) is 0 Å². The van der Waals surface area contributed by atoms with E-state index in [1.807, 2.05) is 32.9 Å². The van der Waals surface area contributed by atoms with Gasteiger partial charge in [-0.25, -0.2) is 0 Å². The van der Waals surface area contributed by atoms with Crippen molar-refractivity contribution in [2.24, 2.45) is 0 Å². The van der Waals surface area contributed by atoms with Crippen LogP contribution in [0.25, 0.3) is 0 Å². The quantitative estimate of drug-likeness (QED) is 0.521. The molecule has 0 saturated heterocycles. The maximum atomic E-state index is 11.0. The molecule has 0 aromatic heterocycles. The molecule has 1 unspecified atom stereocenters. The molecule has 0 saturated carbocycles. The normalized spacial score (nSPS) is 9.23. The first-order chi connectivity index (χ1) is 5.52. The maximum absolute atomic E-state index is 11.0. The molecule has 72 valence electrons. The monoisotopic (exact) mass is 216 g/mol. The van der Waals surface area contributed by atoms with Gasteiger partial charge in [0.15, 0.2) is 0 Å². The van der Waals surface area contributed by atoms with E-state index in [9.17, 15) is 4.79 Å². The smallest absolute Gasteiger partial charge is 0.252 e. The Labute approximate surface area is 87.1 Å². The van der Waals surface area contributed by atoms with E-state index in [1.54, 1.807) is 0 Å². The molecular formula is C10H14ClOP. The van der Waals surface area contributed by atoms with Gasteiger partial charge in [-0.15, -0.1) is 0 Å². The summed E-state index contributed by atoms with van der Waals surface area (Å²) >= 11 is 5.43. The second kappa shape index (κ2) is 4.74. The number of hydrogen-bond acceptors (Lipinski definition) is 1. The summed E-state index contributed by atoms with van der Waals surface area (Å²) in [5.41, 5.74) is 3.70. The van der Waals surface area contributed by atoms with Crippen LogP contribution >= 0.6 is 21.5 Å². The predicted molar refractivity (Wildman–Crippen MR) is 61.9 cm³/mol. The van der Waals surface area contributed by atoms with Gasteiger partial charge in [-0.05, 0) is 43.5 Å². The van der Waals surface area contributed by atoms with Gasteiger partial charge in [-0.1, -0.05) is 17.7 Å². The van der Waals surface area contributed by atoms with Crippen molar-refractivity contribution < 1.29 is 4.79 Å². The van der Waals surface area contributed by atoms with Crippen LogP contribution in [0.1, 0.15) is 27.0 Å². The van der Waals surface area contributed by atoms with Crippen LogP contribution in [-0.2, 0) is 0 Å². The van der Waals surface area contributed by atoms with E-state index in [2.05, 4.69) is 0 Å². The molecule has 0 aliphatic rings. The molecular weight excluding hydrogens is 203 g/mol. The third-order valence-electron chi connectivity index (χ3n) is 1.87. The minimum Gasteiger partial charge on any atom is -0.276 e. The highest BCUT2D eigenvalue weighted by molar-refractivity contribution is 6.92. The second-order valence-electron chi connectivity index (χ2n) is 3.05. The van der Waals surface area contributed by atoms with E-state index >= 15 is 0 Å². The number of carbonyl (C=O) groups is 1. The predicted octanol–water partition coefficient (Wildman–Crippen LogP) is 3.05. The Morgan fingerprint density at radius 3 is 1.85 bits per heavy atom. The van der Waals surface area contributed by atoms with Gasteiger partial charge in [0, 0.05) is 5.56 Å². The summed E-state index contributed by atoms with van der Waals surface area (Å²) in [7, 11) is 0. The Kier molecular flexibility index (Phi) is 4.60. The molecule has 0 aliphatic carbocycles. The van der Waals surface area contributed by atoms with E-state index in [-0.39, 0.29) is 15.1 Å². The van der Waals surface area contributed by atoms with Gasteiger partial charge in [0.1, 0.15) is 0 Å². The summed E-state index contributed by atoms with van der Waals surface area (Å²) in [5.74, 6) is 0. The molecule has 1 nitrogen and oxygen atoms in total. The van der Waals surface area contributed by atoms with Crippen LogP contribution < -0.4 is 0 Å². The summed E-state index contributed by atoms with van der Waals surface area (Å²) in [6.45, 7) is 5.80. The molecule has 0 aliphatic heterocycles. The summed E-state index contributed by atoms with van der Waals surface area (Å²) in [5, 5.41) is -0.370. The van der Waals surface area contributed by atoms with Gasteiger partial charge in [-0.3, -0.25) is 4.79 Å². The van der Waals surface area contributed by atoms with Crippen molar-refractivity contribution in [3.8, 4) is 0 Å². The van der Waals surface area contributed by atoms with Gasteiger partial charge in [0.2, 0.25) is 0 Å². The fraction of sp³-hybridized carbons (Fsp3) is 0.300. The Morgan fingerprint density at radius 2 is 1.54 bits per heavy atom. The standard InChI is InChI=1S/C10H11ClO.H3P/c1-6-4-7(2)9(10(11)12)8(3)5-6;/h4-5H,1-3H3;1H3. The third-order valence-corrected chi connectivity index (χ3v) is 2.06. The summed E-state index contributed by atoms with van der Waals surface area (Å²) in [6.07, 6.45) is 0. The number of rotatable bonds is 1. The SMILES string of the molecule is Cc1cc(C)c(C(=O)Cl)c(C)c1.P. The molecule has 1 atom stereocenters. The van der Waals surface area contributed by atoms with Crippen LogP contribution in [-0.4, -0.2) is 5.24 Å². The van der Waals surface area contributed by atoms with Crippen molar-refractivity contribution in [3.63, 3.8) is 0 Å². The van der Waals surface area contributed by atoms with E-state index < -0.39 is 0 Å². The molecule has 0 N–H and O–H groups in total. The molecule has 0 fully saturated rings. The Hall–Kier alpha value is -0.390. The van der Waals surface area contributed by atoms with Crippen LogP contribution in [0.4, 0.5) is 0 Å². The van der Waals surface area contributed by atoms with E-state index in [4.69, 9.17) is 11.6 Å². The lowest BCUT2D eigenvalue weighted by molar-refractivity contribution is 0.108. The van der Waals surface area contributed by atoms with Crippen LogP contribution in [0.5, 0.6) is 0 Å². The van der Waals surface area contributed by atoms with Crippen molar-refractivity contribution in [3.05, 3.63) is 34.4 Å². The molecule has 0 bridgehead atoms. The van der Waals surface area contributed by atoms with Crippen LogP contribution in [0.3, 0.4) is 0 Å². The molecule has 1 aromatic rings. The lowest BCUT2D eigenvalue weighted by Crippen LogP contribution is -1.98. The van der Waals surface area contributed by atoms with Crippen molar-refractivity contribution in [1.82, 2.24) is 0 Å². The first-order valence-corrected chi connectivity index (χ1v) is 4.18. The van der Waals surface area contributed by atoms with Crippen molar-refractivity contribution in [2.75, 3.05) is 0 Å². The van der Waals surface area contributed by atoms with E-state index in [0.717, 1.165) is 16.7 Å². The third kappa shape index (κ3) is 2.79. The zero-order valence-electron chi connectivity index (χ0n) is 8.15. The maximum Gasteiger partial charge on any atom is 0.252 e. The first-order valence-electron chi connectivity index (χ1n) is 3.80. The zero-order chi connectivity index (χ0) is 9.30. The molecule has 0 radical (unpaired) electrons. The Bertz CT molecular complexity index is 311. The fourth-order valence-electron chi connectivity index (χ4n) is 1.49. The van der Waals surface area contributed by atoms with E-state index in [0.29, 0.717) is 5.56 Å². The number of benzene rings is 1. The van der Waals surface area contributed by atoms with Crippen molar-refractivity contribution >= 4 is 26.7 Å². The zero-order valence-corrected chi connectivity index (χ0v) is 10.3. The Morgan fingerprint density at radius 1 is 1.15 bits per heavy atom. The Balaban J connectivity index is 0.00000144. The van der Waals surface area contributed by atoms with E-state index in [1.165, 1.54) is 0 Å². The number of aryl methyl sites for hydroxylation is 3. The van der Waals surface area contributed by atoms with Gasteiger partial charge in [-0.2, -0.15) is 9.90 Å². The van der Waals surface area contributed by atoms with Crippen molar-refractivity contribution in [2.45, 2.75) is 20.8 Å². The van der Waals surface area contributed by atoms with Gasteiger partial charge < -0.3 is 0 Å². The van der Waals surface area contributed by atoms with Gasteiger partial charge >= 0.3 is 0 Å². The van der Waals surface area contributed by atoms with Crippen LogP contribution in [0.2, 0.25) is 0 Å². The highest BCUT2D eigenvalue weighted by Gasteiger charge is 2.09.